The SMILES string of the molecule is CN(C)CCNC(=O)[C@@H]1CCS(=O)(=O)[C@H]2CN(C(=O)NC3CCCC3)C[C@@H]12. The Balaban J connectivity index is 1.64. The molecule has 2 heterocycles. The van der Waals surface area contributed by atoms with Crippen molar-refractivity contribution >= 4 is 21.8 Å². The van der Waals surface area contributed by atoms with Crippen molar-refractivity contribution in [2.24, 2.45) is 11.8 Å². The molecule has 27 heavy (non-hydrogen) atoms. The summed E-state index contributed by atoms with van der Waals surface area (Å²) >= 11 is 0. The van der Waals surface area contributed by atoms with Gasteiger partial charge in [0.05, 0.1) is 11.0 Å². The molecule has 0 unspecified atom stereocenters. The van der Waals surface area contributed by atoms with Gasteiger partial charge in [0.15, 0.2) is 9.84 Å². The summed E-state index contributed by atoms with van der Waals surface area (Å²) in [5.74, 6) is -0.708. The Morgan fingerprint density at radius 3 is 2.48 bits per heavy atom. The van der Waals surface area contributed by atoms with Crippen LogP contribution in [0.4, 0.5) is 4.79 Å². The van der Waals surface area contributed by atoms with Crippen LogP contribution in [0.2, 0.25) is 0 Å². The maximum absolute atomic E-state index is 12.6. The van der Waals surface area contributed by atoms with E-state index in [9.17, 15) is 18.0 Å². The van der Waals surface area contributed by atoms with E-state index in [0.717, 1.165) is 32.2 Å². The van der Waals surface area contributed by atoms with Gasteiger partial charge in [-0.1, -0.05) is 12.8 Å². The van der Waals surface area contributed by atoms with E-state index >= 15 is 0 Å². The lowest BCUT2D eigenvalue weighted by Crippen LogP contribution is -2.47. The van der Waals surface area contributed by atoms with E-state index in [1.807, 2.05) is 19.0 Å². The molecule has 2 N–H and O–H groups in total. The Morgan fingerprint density at radius 1 is 1.11 bits per heavy atom. The van der Waals surface area contributed by atoms with E-state index in [2.05, 4.69) is 10.6 Å². The first-order valence-corrected chi connectivity index (χ1v) is 11.7. The Hall–Kier alpha value is -1.35. The Labute approximate surface area is 161 Å². The van der Waals surface area contributed by atoms with Crippen LogP contribution < -0.4 is 10.6 Å². The molecule has 3 atom stereocenters. The van der Waals surface area contributed by atoms with Gasteiger partial charge in [-0.3, -0.25) is 4.79 Å². The van der Waals surface area contributed by atoms with Crippen LogP contribution in [-0.2, 0) is 14.6 Å². The zero-order valence-corrected chi connectivity index (χ0v) is 17.1. The fraction of sp³-hybridized carbons (Fsp3) is 0.889. The summed E-state index contributed by atoms with van der Waals surface area (Å²) in [6, 6.07) is 0.0140. The number of amides is 3. The first kappa shape index (κ1) is 20.4. The molecule has 3 rings (SSSR count). The molecule has 3 amide bonds. The highest BCUT2D eigenvalue weighted by Crippen LogP contribution is 2.37. The second-order valence-electron chi connectivity index (χ2n) is 8.39. The van der Waals surface area contributed by atoms with Crippen LogP contribution >= 0.6 is 0 Å². The molecule has 0 spiro atoms. The standard InChI is InChI=1S/C18H32N4O4S/c1-21(2)9-8-19-17(23)14-7-10-27(25,26)16-12-22(11-15(14)16)18(24)20-13-5-3-4-6-13/h13-16H,3-12H2,1-2H3,(H,19,23)(H,20,24)/t14-,15+,16+/m1/s1. The third kappa shape index (κ3) is 4.74. The molecule has 0 aromatic heterocycles. The number of carbonyl (C=O) groups is 2. The van der Waals surface area contributed by atoms with E-state index in [1.165, 1.54) is 0 Å². The van der Waals surface area contributed by atoms with Gasteiger partial charge in [-0.05, 0) is 33.4 Å². The number of rotatable bonds is 5. The summed E-state index contributed by atoms with van der Waals surface area (Å²) < 4.78 is 25.1. The van der Waals surface area contributed by atoms with Gasteiger partial charge in [-0.2, -0.15) is 0 Å². The summed E-state index contributed by atoms with van der Waals surface area (Å²) in [5.41, 5.74) is 0. The lowest BCUT2D eigenvalue weighted by atomic mass is 9.87. The molecule has 0 aromatic carbocycles. The molecule has 8 nitrogen and oxygen atoms in total. The Morgan fingerprint density at radius 2 is 1.81 bits per heavy atom. The van der Waals surface area contributed by atoms with E-state index in [-0.39, 0.29) is 42.1 Å². The van der Waals surface area contributed by atoms with E-state index in [0.29, 0.717) is 19.5 Å². The summed E-state index contributed by atoms with van der Waals surface area (Å²) in [6.45, 7) is 1.82. The number of urea groups is 1. The smallest absolute Gasteiger partial charge is 0.317 e. The number of sulfone groups is 1. The maximum Gasteiger partial charge on any atom is 0.317 e. The van der Waals surface area contributed by atoms with Crippen molar-refractivity contribution in [3.05, 3.63) is 0 Å². The van der Waals surface area contributed by atoms with Crippen LogP contribution in [0.15, 0.2) is 0 Å². The van der Waals surface area contributed by atoms with Gasteiger partial charge in [-0.25, -0.2) is 13.2 Å². The van der Waals surface area contributed by atoms with Crippen molar-refractivity contribution in [3.63, 3.8) is 0 Å². The summed E-state index contributed by atoms with van der Waals surface area (Å²) in [5, 5.41) is 5.35. The average Bonchev–Trinajstić information content (AvgIpc) is 3.24. The second kappa shape index (κ2) is 8.34. The van der Waals surface area contributed by atoms with Crippen molar-refractivity contribution < 1.29 is 18.0 Å². The first-order valence-electron chi connectivity index (χ1n) is 9.97. The molecule has 0 aromatic rings. The number of hydrogen-bond acceptors (Lipinski definition) is 5. The van der Waals surface area contributed by atoms with Crippen LogP contribution in [0.1, 0.15) is 32.1 Å². The van der Waals surface area contributed by atoms with Crippen molar-refractivity contribution in [1.29, 1.82) is 0 Å². The van der Waals surface area contributed by atoms with Crippen molar-refractivity contribution in [2.75, 3.05) is 46.0 Å². The van der Waals surface area contributed by atoms with Gasteiger partial charge in [0.1, 0.15) is 0 Å². The molecular formula is C18H32N4O4S. The molecule has 1 saturated carbocycles. The fourth-order valence-electron chi connectivity index (χ4n) is 4.58. The number of nitrogens with one attached hydrogen (secondary N) is 2. The van der Waals surface area contributed by atoms with Crippen molar-refractivity contribution in [3.8, 4) is 0 Å². The van der Waals surface area contributed by atoms with Gasteiger partial charge in [0, 0.05) is 44.1 Å². The molecule has 1 aliphatic carbocycles. The number of carbonyl (C=O) groups excluding carboxylic acids is 2. The quantitative estimate of drug-likeness (QED) is 0.680. The van der Waals surface area contributed by atoms with Crippen LogP contribution in [0.3, 0.4) is 0 Å². The molecular weight excluding hydrogens is 368 g/mol. The van der Waals surface area contributed by atoms with Crippen LogP contribution in [0.25, 0.3) is 0 Å². The molecule has 2 saturated heterocycles. The normalized spacial score (nSPS) is 30.3. The zero-order valence-electron chi connectivity index (χ0n) is 16.3. The Kier molecular flexibility index (Phi) is 6.30. The number of hydrogen-bond donors (Lipinski definition) is 2. The van der Waals surface area contributed by atoms with Gasteiger partial charge in [0.25, 0.3) is 0 Å². The summed E-state index contributed by atoms with van der Waals surface area (Å²) in [6.07, 6.45) is 4.57. The number of fused-ring (bicyclic) bond motifs is 1. The van der Waals surface area contributed by atoms with E-state index in [4.69, 9.17) is 0 Å². The number of likely N-dealkylation sites (tertiary alicyclic amines) is 1. The van der Waals surface area contributed by atoms with Crippen LogP contribution in [0.5, 0.6) is 0 Å². The molecule has 154 valence electrons. The zero-order chi connectivity index (χ0) is 19.6. The van der Waals surface area contributed by atoms with Gasteiger partial charge in [-0.15, -0.1) is 0 Å². The highest BCUT2D eigenvalue weighted by Gasteiger charge is 2.51. The van der Waals surface area contributed by atoms with Gasteiger partial charge < -0.3 is 20.4 Å². The molecule has 3 fully saturated rings. The molecule has 9 heteroatoms. The third-order valence-corrected chi connectivity index (χ3v) is 8.39. The predicted octanol–water partition coefficient (Wildman–Crippen LogP) is 0.0515. The highest BCUT2D eigenvalue weighted by molar-refractivity contribution is 7.92. The summed E-state index contributed by atoms with van der Waals surface area (Å²) in [7, 11) is 0.611. The number of nitrogens with zero attached hydrogens (tertiary/aromatic N) is 2. The third-order valence-electron chi connectivity index (χ3n) is 6.17. The minimum absolute atomic E-state index is 0.0258. The minimum Gasteiger partial charge on any atom is -0.355 e. The maximum atomic E-state index is 12.6. The average molecular weight is 401 g/mol. The molecule has 0 bridgehead atoms. The van der Waals surface area contributed by atoms with E-state index < -0.39 is 15.1 Å². The monoisotopic (exact) mass is 400 g/mol. The van der Waals surface area contributed by atoms with Crippen molar-refractivity contribution in [1.82, 2.24) is 20.4 Å². The summed E-state index contributed by atoms with van der Waals surface area (Å²) in [4.78, 5) is 28.8. The van der Waals surface area contributed by atoms with Gasteiger partial charge in [0.2, 0.25) is 5.91 Å². The molecule has 0 radical (unpaired) electrons. The predicted molar refractivity (Wildman–Crippen MR) is 103 cm³/mol. The highest BCUT2D eigenvalue weighted by atomic mass is 32.2. The largest absolute Gasteiger partial charge is 0.355 e. The first-order chi connectivity index (χ1) is 12.8. The van der Waals surface area contributed by atoms with Crippen molar-refractivity contribution in [2.45, 2.75) is 43.4 Å². The van der Waals surface area contributed by atoms with Crippen LogP contribution in [0, 0.1) is 11.8 Å². The van der Waals surface area contributed by atoms with Gasteiger partial charge >= 0.3 is 6.03 Å². The minimum atomic E-state index is -3.26. The Bertz CT molecular complexity index is 660. The molecule has 2 aliphatic heterocycles. The second-order valence-corrected chi connectivity index (χ2v) is 10.7. The number of likely N-dealkylation sites (N-methyl/N-ethyl adjacent to an activating group) is 1. The lowest BCUT2D eigenvalue weighted by molar-refractivity contribution is -0.126. The van der Waals surface area contributed by atoms with Crippen LogP contribution in [-0.4, -0.2) is 87.5 Å². The topological polar surface area (TPSA) is 98.8 Å². The fourth-order valence-corrected chi connectivity index (χ4v) is 6.68. The lowest BCUT2D eigenvalue weighted by Gasteiger charge is -2.31. The molecule has 3 aliphatic rings. The van der Waals surface area contributed by atoms with E-state index in [1.54, 1.807) is 4.90 Å².